The van der Waals surface area contributed by atoms with Crippen molar-refractivity contribution in [2.24, 2.45) is 11.3 Å². The SMILES string of the molecule is CC1(C)CC(OC(C2CC(C)(C)NC(C)(C)C2)C(CO)(CO)CO)CC(C)(C)N1. The van der Waals surface area contributed by atoms with Crippen LogP contribution in [0.3, 0.4) is 0 Å². The second-order valence-electron chi connectivity index (χ2n) is 12.4. The lowest BCUT2D eigenvalue weighted by atomic mass is 9.67. The zero-order valence-electron chi connectivity index (χ0n) is 19.9. The first-order valence-electron chi connectivity index (χ1n) is 11.1. The molecular formula is C23H46N2O4. The summed E-state index contributed by atoms with van der Waals surface area (Å²) in [4.78, 5) is 0. The molecule has 2 saturated heterocycles. The lowest BCUT2D eigenvalue weighted by Gasteiger charge is -2.53. The fourth-order valence-electron chi connectivity index (χ4n) is 6.32. The van der Waals surface area contributed by atoms with Crippen LogP contribution in [0.5, 0.6) is 0 Å². The Hall–Kier alpha value is -0.240. The van der Waals surface area contributed by atoms with Gasteiger partial charge in [-0.3, -0.25) is 0 Å². The van der Waals surface area contributed by atoms with Crippen molar-refractivity contribution < 1.29 is 20.1 Å². The van der Waals surface area contributed by atoms with E-state index in [4.69, 9.17) is 4.74 Å². The molecule has 0 radical (unpaired) electrons. The Balaban J connectivity index is 2.38. The van der Waals surface area contributed by atoms with Crippen LogP contribution >= 0.6 is 0 Å². The van der Waals surface area contributed by atoms with Gasteiger partial charge in [0.1, 0.15) is 0 Å². The topological polar surface area (TPSA) is 94.0 Å². The van der Waals surface area contributed by atoms with Crippen LogP contribution in [0.1, 0.15) is 81.1 Å². The molecule has 0 aromatic carbocycles. The second kappa shape index (κ2) is 8.36. The van der Waals surface area contributed by atoms with E-state index < -0.39 is 11.5 Å². The number of hydrogen-bond donors (Lipinski definition) is 5. The van der Waals surface area contributed by atoms with Crippen molar-refractivity contribution in [2.45, 2.75) is 115 Å². The molecular weight excluding hydrogens is 368 g/mol. The molecule has 172 valence electrons. The van der Waals surface area contributed by atoms with Crippen molar-refractivity contribution in [1.82, 2.24) is 10.6 Å². The molecule has 1 unspecified atom stereocenters. The number of aliphatic hydroxyl groups is 3. The van der Waals surface area contributed by atoms with E-state index in [9.17, 15) is 15.3 Å². The largest absolute Gasteiger partial charge is 0.396 e. The van der Waals surface area contributed by atoms with Crippen LogP contribution in [0, 0.1) is 11.3 Å². The summed E-state index contributed by atoms with van der Waals surface area (Å²) in [6.45, 7) is 16.6. The Morgan fingerprint density at radius 3 is 1.41 bits per heavy atom. The molecule has 0 aromatic rings. The van der Waals surface area contributed by atoms with Crippen molar-refractivity contribution in [3.8, 4) is 0 Å². The molecule has 0 aliphatic carbocycles. The highest BCUT2D eigenvalue weighted by atomic mass is 16.5. The molecule has 2 heterocycles. The van der Waals surface area contributed by atoms with Crippen LogP contribution in [0.25, 0.3) is 0 Å². The van der Waals surface area contributed by atoms with Gasteiger partial charge in [-0.1, -0.05) is 0 Å². The van der Waals surface area contributed by atoms with E-state index in [1.165, 1.54) is 0 Å². The predicted molar refractivity (Wildman–Crippen MR) is 117 cm³/mol. The zero-order valence-corrected chi connectivity index (χ0v) is 19.9. The summed E-state index contributed by atoms with van der Waals surface area (Å²) < 4.78 is 6.78. The zero-order chi connectivity index (χ0) is 22.3. The third-order valence-corrected chi connectivity index (χ3v) is 6.69. The molecule has 0 aromatic heterocycles. The number of aliphatic hydroxyl groups excluding tert-OH is 3. The lowest BCUT2D eigenvalue weighted by Crippen LogP contribution is -2.64. The third kappa shape index (κ3) is 6.14. The minimum absolute atomic E-state index is 0.00335. The highest BCUT2D eigenvalue weighted by molar-refractivity contribution is 5.04. The number of piperidine rings is 2. The number of ether oxygens (including phenoxy) is 1. The van der Waals surface area contributed by atoms with Crippen molar-refractivity contribution in [3.63, 3.8) is 0 Å². The van der Waals surface area contributed by atoms with Crippen molar-refractivity contribution >= 4 is 0 Å². The molecule has 6 nitrogen and oxygen atoms in total. The Morgan fingerprint density at radius 1 is 0.724 bits per heavy atom. The van der Waals surface area contributed by atoms with Gasteiger partial charge in [-0.25, -0.2) is 0 Å². The minimum atomic E-state index is -1.06. The van der Waals surface area contributed by atoms with Gasteiger partial charge in [-0.2, -0.15) is 0 Å². The van der Waals surface area contributed by atoms with Crippen molar-refractivity contribution in [1.29, 1.82) is 0 Å². The van der Waals surface area contributed by atoms with Gasteiger partial charge >= 0.3 is 0 Å². The maximum atomic E-state index is 10.2. The van der Waals surface area contributed by atoms with Gasteiger partial charge in [0.05, 0.1) is 37.4 Å². The van der Waals surface area contributed by atoms with Crippen LogP contribution in [0.4, 0.5) is 0 Å². The highest BCUT2D eigenvalue weighted by Crippen LogP contribution is 2.43. The van der Waals surface area contributed by atoms with E-state index >= 15 is 0 Å². The molecule has 2 fully saturated rings. The maximum Gasteiger partial charge on any atom is 0.0730 e. The van der Waals surface area contributed by atoms with E-state index in [1.54, 1.807) is 0 Å². The van der Waals surface area contributed by atoms with Gasteiger partial charge in [0.15, 0.2) is 0 Å². The molecule has 2 rings (SSSR count). The van der Waals surface area contributed by atoms with Gasteiger partial charge in [-0.05, 0) is 87.0 Å². The first-order valence-corrected chi connectivity index (χ1v) is 11.1. The van der Waals surface area contributed by atoms with Gasteiger partial charge in [0.2, 0.25) is 0 Å². The smallest absolute Gasteiger partial charge is 0.0730 e. The normalized spacial score (nSPS) is 28.2. The standard InChI is InChI=1S/C23H46N2O4/c1-19(2)9-16(10-20(3,4)24-19)18(23(13-26,14-27)15-28)29-17-11-21(5,6)25-22(7,8)12-17/h16-18,24-28H,9-15H2,1-8H3. The summed E-state index contributed by atoms with van der Waals surface area (Å²) in [6, 6.07) is 0. The van der Waals surface area contributed by atoms with Crippen LogP contribution < -0.4 is 10.6 Å². The molecule has 2 aliphatic rings. The molecule has 29 heavy (non-hydrogen) atoms. The summed E-state index contributed by atoms with van der Waals surface area (Å²) >= 11 is 0. The second-order valence-corrected chi connectivity index (χ2v) is 12.4. The molecule has 0 amide bonds. The van der Waals surface area contributed by atoms with E-state index in [0.29, 0.717) is 0 Å². The Morgan fingerprint density at radius 2 is 1.07 bits per heavy atom. The molecule has 0 bridgehead atoms. The third-order valence-electron chi connectivity index (χ3n) is 6.69. The summed E-state index contributed by atoms with van der Waals surface area (Å²) in [5.41, 5.74) is -1.37. The molecule has 0 spiro atoms. The minimum Gasteiger partial charge on any atom is -0.396 e. The number of hydrogen-bond acceptors (Lipinski definition) is 6. The molecule has 5 N–H and O–H groups in total. The fraction of sp³-hybridized carbons (Fsp3) is 1.00. The molecule has 2 aliphatic heterocycles. The lowest BCUT2D eigenvalue weighted by molar-refractivity contribution is -0.183. The molecule has 1 atom stereocenters. The van der Waals surface area contributed by atoms with Crippen LogP contribution in [-0.2, 0) is 4.74 Å². The Kier molecular flexibility index (Phi) is 7.21. The Bertz CT molecular complexity index is 515. The van der Waals surface area contributed by atoms with E-state index in [1.807, 2.05) is 0 Å². The molecule has 6 heteroatoms. The fourth-order valence-corrected chi connectivity index (χ4v) is 6.32. The summed E-state index contributed by atoms with van der Waals surface area (Å²) in [5, 5.41) is 38.1. The van der Waals surface area contributed by atoms with Crippen LogP contribution in [-0.4, -0.2) is 69.5 Å². The first-order chi connectivity index (χ1) is 13.1. The van der Waals surface area contributed by atoms with Crippen LogP contribution in [0.15, 0.2) is 0 Å². The quantitative estimate of drug-likeness (QED) is 0.438. The maximum absolute atomic E-state index is 10.2. The van der Waals surface area contributed by atoms with E-state index in [-0.39, 0.29) is 54.0 Å². The predicted octanol–water partition coefficient (Wildman–Crippen LogP) is 2.20. The van der Waals surface area contributed by atoms with Crippen LogP contribution in [0.2, 0.25) is 0 Å². The summed E-state index contributed by atoms with van der Waals surface area (Å²) in [5.74, 6) is 0.119. The van der Waals surface area contributed by atoms with Gasteiger partial charge in [0.25, 0.3) is 0 Å². The monoisotopic (exact) mass is 414 g/mol. The first kappa shape index (κ1) is 25.0. The number of nitrogens with one attached hydrogen (secondary N) is 2. The summed E-state index contributed by atoms with van der Waals surface area (Å²) in [7, 11) is 0. The van der Waals surface area contributed by atoms with E-state index in [2.05, 4.69) is 66.0 Å². The van der Waals surface area contributed by atoms with Gasteiger partial charge in [-0.15, -0.1) is 0 Å². The average Bonchev–Trinajstić information content (AvgIpc) is 2.50. The van der Waals surface area contributed by atoms with Gasteiger partial charge in [0, 0.05) is 22.2 Å². The van der Waals surface area contributed by atoms with Crippen molar-refractivity contribution in [3.05, 3.63) is 0 Å². The Labute approximate surface area is 177 Å². The van der Waals surface area contributed by atoms with Gasteiger partial charge < -0.3 is 30.7 Å². The highest BCUT2D eigenvalue weighted by Gasteiger charge is 2.50. The molecule has 0 saturated carbocycles. The van der Waals surface area contributed by atoms with E-state index in [0.717, 1.165) is 25.7 Å². The number of rotatable bonds is 7. The summed E-state index contributed by atoms with van der Waals surface area (Å²) in [6.07, 6.45) is 3.00. The average molecular weight is 415 g/mol. The van der Waals surface area contributed by atoms with Crippen molar-refractivity contribution in [2.75, 3.05) is 19.8 Å².